The molecule has 1 aromatic carbocycles. The number of H-pyrrole nitrogens is 1. The topological polar surface area (TPSA) is 66.0 Å². The lowest BCUT2D eigenvalue weighted by atomic mass is 10.0. The first kappa shape index (κ1) is 10.5. The first-order valence-electron chi connectivity index (χ1n) is 5.51. The molecule has 2 aromatic heterocycles. The number of aromatic carboxylic acids is 1. The Hall–Kier alpha value is -2.62. The lowest BCUT2D eigenvalue weighted by molar-refractivity contribution is 0.0692. The van der Waals surface area contributed by atoms with Gasteiger partial charge in [-0.1, -0.05) is 12.1 Å². The molecular weight excluding hydrogens is 228 g/mol. The lowest BCUT2D eigenvalue weighted by Crippen LogP contribution is -1.98. The summed E-state index contributed by atoms with van der Waals surface area (Å²) in [6, 6.07) is 11.3. The average Bonchev–Trinajstić information content (AvgIpc) is 2.87. The van der Waals surface area contributed by atoms with E-state index in [1.165, 1.54) is 0 Å². The van der Waals surface area contributed by atoms with Crippen LogP contribution >= 0.6 is 0 Å². The van der Waals surface area contributed by atoms with Gasteiger partial charge in [-0.05, 0) is 29.8 Å². The van der Waals surface area contributed by atoms with Crippen LogP contribution in [0, 0.1) is 0 Å². The summed E-state index contributed by atoms with van der Waals surface area (Å²) in [6.07, 6.45) is 3.37. The van der Waals surface area contributed by atoms with Crippen LogP contribution in [0.4, 0.5) is 0 Å². The average molecular weight is 238 g/mol. The van der Waals surface area contributed by atoms with E-state index in [1.807, 2.05) is 30.3 Å². The number of nitrogens with one attached hydrogen (secondary N) is 1. The molecule has 0 spiro atoms. The molecule has 0 saturated heterocycles. The first-order chi connectivity index (χ1) is 8.75. The summed E-state index contributed by atoms with van der Waals surface area (Å²) in [7, 11) is 0. The fourth-order valence-electron chi connectivity index (χ4n) is 2.03. The van der Waals surface area contributed by atoms with Gasteiger partial charge in [-0.2, -0.15) is 0 Å². The number of pyridine rings is 1. The summed E-state index contributed by atoms with van der Waals surface area (Å²) >= 11 is 0. The van der Waals surface area contributed by atoms with Crippen LogP contribution in [-0.4, -0.2) is 21.0 Å². The molecule has 0 aliphatic carbocycles. The van der Waals surface area contributed by atoms with Crippen LogP contribution in [0.2, 0.25) is 0 Å². The molecule has 0 unspecified atom stereocenters. The lowest BCUT2D eigenvalue weighted by Gasteiger charge is -2.03. The summed E-state index contributed by atoms with van der Waals surface area (Å²) in [5.41, 5.74) is 2.66. The molecule has 3 aromatic rings. The number of carbonyl (C=O) groups is 1. The van der Waals surface area contributed by atoms with Gasteiger partial charge in [-0.25, -0.2) is 4.79 Å². The highest BCUT2D eigenvalue weighted by Crippen LogP contribution is 2.26. The van der Waals surface area contributed by atoms with E-state index >= 15 is 0 Å². The molecule has 18 heavy (non-hydrogen) atoms. The second kappa shape index (κ2) is 4.00. The fourth-order valence-corrected chi connectivity index (χ4v) is 2.03. The van der Waals surface area contributed by atoms with Crippen molar-refractivity contribution in [2.45, 2.75) is 0 Å². The Morgan fingerprint density at radius 2 is 2.11 bits per heavy atom. The SMILES string of the molecule is O=C(O)c1[nH]ccc1-c1ccc2ncccc2c1. The molecule has 2 heterocycles. The van der Waals surface area contributed by atoms with E-state index in [0.29, 0.717) is 5.56 Å². The molecule has 88 valence electrons. The van der Waals surface area contributed by atoms with Gasteiger partial charge in [0, 0.05) is 23.3 Å². The molecule has 4 nitrogen and oxygen atoms in total. The van der Waals surface area contributed by atoms with Crippen LogP contribution in [0.5, 0.6) is 0 Å². The molecule has 0 aliphatic heterocycles. The zero-order valence-electron chi connectivity index (χ0n) is 9.42. The zero-order chi connectivity index (χ0) is 12.5. The van der Waals surface area contributed by atoms with Gasteiger partial charge in [0.25, 0.3) is 0 Å². The number of hydrogen-bond donors (Lipinski definition) is 2. The normalized spacial score (nSPS) is 10.7. The smallest absolute Gasteiger partial charge is 0.352 e. The third-order valence-corrected chi connectivity index (χ3v) is 2.87. The predicted octanol–water partition coefficient (Wildman–Crippen LogP) is 2.93. The second-order valence-corrected chi connectivity index (χ2v) is 3.98. The zero-order valence-corrected chi connectivity index (χ0v) is 9.42. The van der Waals surface area contributed by atoms with Crippen LogP contribution in [0.25, 0.3) is 22.0 Å². The maximum absolute atomic E-state index is 11.1. The Bertz CT molecular complexity index is 731. The van der Waals surface area contributed by atoms with Gasteiger partial charge in [0.15, 0.2) is 0 Å². The minimum atomic E-state index is -0.957. The largest absolute Gasteiger partial charge is 0.477 e. The minimum Gasteiger partial charge on any atom is -0.477 e. The maximum Gasteiger partial charge on any atom is 0.352 e. The number of fused-ring (bicyclic) bond motifs is 1. The van der Waals surface area contributed by atoms with Gasteiger partial charge < -0.3 is 10.1 Å². The van der Waals surface area contributed by atoms with E-state index in [2.05, 4.69) is 9.97 Å². The number of carboxylic acid groups (broad SMARTS) is 1. The van der Waals surface area contributed by atoms with Crippen LogP contribution in [-0.2, 0) is 0 Å². The molecule has 0 saturated carbocycles. The molecule has 0 fully saturated rings. The third kappa shape index (κ3) is 1.64. The Labute approximate surface area is 103 Å². The van der Waals surface area contributed by atoms with Gasteiger partial charge in [0.05, 0.1) is 5.52 Å². The standard InChI is InChI=1S/C14H10N2O2/c17-14(18)13-11(5-7-16-13)9-3-4-12-10(8-9)2-1-6-15-12/h1-8,16H,(H,17,18). The van der Waals surface area contributed by atoms with Crippen molar-refractivity contribution in [1.82, 2.24) is 9.97 Å². The summed E-state index contributed by atoms with van der Waals surface area (Å²) < 4.78 is 0. The highest BCUT2D eigenvalue weighted by Gasteiger charge is 2.12. The minimum absolute atomic E-state index is 0.207. The van der Waals surface area contributed by atoms with Gasteiger partial charge in [0.1, 0.15) is 5.69 Å². The van der Waals surface area contributed by atoms with Crippen molar-refractivity contribution in [1.29, 1.82) is 0 Å². The van der Waals surface area contributed by atoms with Gasteiger partial charge in [-0.15, -0.1) is 0 Å². The Balaban J connectivity index is 2.19. The van der Waals surface area contributed by atoms with Crippen molar-refractivity contribution in [3.05, 3.63) is 54.5 Å². The summed E-state index contributed by atoms with van der Waals surface area (Å²) in [5.74, 6) is -0.957. The number of aromatic nitrogens is 2. The second-order valence-electron chi connectivity index (χ2n) is 3.98. The Morgan fingerprint density at radius 3 is 2.94 bits per heavy atom. The highest BCUT2D eigenvalue weighted by molar-refractivity contribution is 5.95. The van der Waals surface area contributed by atoms with Gasteiger partial charge >= 0.3 is 5.97 Å². The fraction of sp³-hybridized carbons (Fsp3) is 0. The monoisotopic (exact) mass is 238 g/mol. The number of hydrogen-bond acceptors (Lipinski definition) is 2. The van der Waals surface area contributed by atoms with Gasteiger partial charge in [0.2, 0.25) is 0 Å². The number of benzene rings is 1. The number of rotatable bonds is 2. The van der Waals surface area contributed by atoms with Crippen molar-refractivity contribution >= 4 is 16.9 Å². The summed E-state index contributed by atoms with van der Waals surface area (Å²) in [6.45, 7) is 0. The summed E-state index contributed by atoms with van der Waals surface area (Å²) in [5, 5.41) is 10.1. The molecule has 0 aliphatic rings. The number of aromatic amines is 1. The van der Waals surface area contributed by atoms with Crippen molar-refractivity contribution in [2.75, 3.05) is 0 Å². The van der Waals surface area contributed by atoms with E-state index in [9.17, 15) is 4.79 Å². The first-order valence-corrected chi connectivity index (χ1v) is 5.51. The van der Waals surface area contributed by atoms with E-state index in [-0.39, 0.29) is 5.69 Å². The van der Waals surface area contributed by atoms with Crippen LogP contribution < -0.4 is 0 Å². The molecular formula is C14H10N2O2. The maximum atomic E-state index is 11.1. The van der Waals surface area contributed by atoms with E-state index < -0.39 is 5.97 Å². The molecule has 0 radical (unpaired) electrons. The molecule has 0 bridgehead atoms. The van der Waals surface area contributed by atoms with E-state index in [0.717, 1.165) is 16.5 Å². The van der Waals surface area contributed by atoms with Crippen LogP contribution in [0.1, 0.15) is 10.5 Å². The Kier molecular flexibility index (Phi) is 2.34. The van der Waals surface area contributed by atoms with E-state index in [1.54, 1.807) is 18.5 Å². The molecule has 2 N–H and O–H groups in total. The predicted molar refractivity (Wildman–Crippen MR) is 68.5 cm³/mol. The van der Waals surface area contributed by atoms with Crippen molar-refractivity contribution < 1.29 is 9.90 Å². The van der Waals surface area contributed by atoms with E-state index in [4.69, 9.17) is 5.11 Å². The van der Waals surface area contributed by atoms with Crippen LogP contribution in [0.15, 0.2) is 48.8 Å². The molecule has 3 rings (SSSR count). The Morgan fingerprint density at radius 1 is 1.22 bits per heavy atom. The quantitative estimate of drug-likeness (QED) is 0.721. The molecule has 0 amide bonds. The number of nitrogens with zero attached hydrogens (tertiary/aromatic N) is 1. The van der Waals surface area contributed by atoms with Crippen molar-refractivity contribution in [3.63, 3.8) is 0 Å². The van der Waals surface area contributed by atoms with Gasteiger partial charge in [-0.3, -0.25) is 4.98 Å². The number of carboxylic acids is 1. The van der Waals surface area contributed by atoms with Crippen LogP contribution in [0.3, 0.4) is 0 Å². The van der Waals surface area contributed by atoms with Crippen molar-refractivity contribution in [2.24, 2.45) is 0 Å². The molecule has 0 atom stereocenters. The summed E-state index contributed by atoms with van der Waals surface area (Å²) in [4.78, 5) is 18.0. The van der Waals surface area contributed by atoms with Crippen molar-refractivity contribution in [3.8, 4) is 11.1 Å². The third-order valence-electron chi connectivity index (χ3n) is 2.87. The molecule has 4 heteroatoms. The highest BCUT2D eigenvalue weighted by atomic mass is 16.4.